The van der Waals surface area contributed by atoms with Crippen LogP contribution in [0, 0.1) is 0 Å². The molecule has 2 aliphatic rings. The lowest BCUT2D eigenvalue weighted by Gasteiger charge is -2.37. The van der Waals surface area contributed by atoms with Crippen molar-refractivity contribution in [2.45, 2.75) is 58.2 Å². The van der Waals surface area contributed by atoms with E-state index in [1.54, 1.807) is 6.08 Å². The van der Waals surface area contributed by atoms with Crippen molar-refractivity contribution in [2.24, 2.45) is 0 Å². The van der Waals surface area contributed by atoms with Gasteiger partial charge in [0.15, 0.2) is 0 Å². The maximum atomic E-state index is 12.0. The molecule has 2 amide bonds. The Morgan fingerprint density at radius 1 is 1.47 bits per heavy atom. The summed E-state index contributed by atoms with van der Waals surface area (Å²) < 4.78 is 0. The molecule has 2 N–H and O–H groups in total. The van der Waals surface area contributed by atoms with Crippen molar-refractivity contribution in [3.05, 3.63) is 11.8 Å². The summed E-state index contributed by atoms with van der Waals surface area (Å²) in [5.74, 6) is -0.0190. The molecule has 106 valence electrons. The maximum absolute atomic E-state index is 12.0. The zero-order valence-electron chi connectivity index (χ0n) is 12.1. The number of carbonyl (C=O) groups is 2. The van der Waals surface area contributed by atoms with E-state index in [-0.39, 0.29) is 29.4 Å². The minimum absolute atomic E-state index is 0.0818. The molecule has 0 aliphatic carbocycles. The molecule has 5 heteroatoms. The standard InChI is InChI=1S/C14H23N3O2/c1-9-11(8-12(18)16-14(2,3)4)17-7-5-6-10(17)13(19)15-9/h8-10H,5-7H2,1-4H3,(H,15,19)(H,16,18)/t9-,10+/m1/s1. The molecule has 0 unspecified atom stereocenters. The predicted octanol–water partition coefficient (Wildman–Crippen LogP) is 0.768. The van der Waals surface area contributed by atoms with Gasteiger partial charge in [-0.05, 0) is 40.5 Å². The fourth-order valence-corrected chi connectivity index (χ4v) is 2.73. The van der Waals surface area contributed by atoms with Gasteiger partial charge in [0.05, 0.1) is 6.04 Å². The summed E-state index contributed by atoms with van der Waals surface area (Å²) in [4.78, 5) is 26.0. The monoisotopic (exact) mass is 265 g/mol. The molecule has 0 radical (unpaired) electrons. The van der Waals surface area contributed by atoms with E-state index in [4.69, 9.17) is 0 Å². The van der Waals surface area contributed by atoms with Crippen LogP contribution in [0.1, 0.15) is 40.5 Å². The molecule has 2 aliphatic heterocycles. The molecule has 2 saturated heterocycles. The topological polar surface area (TPSA) is 61.4 Å². The fraction of sp³-hybridized carbons (Fsp3) is 0.714. The maximum Gasteiger partial charge on any atom is 0.246 e. The van der Waals surface area contributed by atoms with Crippen LogP contribution in [-0.4, -0.2) is 40.9 Å². The number of fused-ring (bicyclic) bond motifs is 1. The molecule has 0 bridgehead atoms. The molecule has 5 nitrogen and oxygen atoms in total. The Labute approximate surface area is 114 Å². The second-order valence-corrected chi connectivity index (χ2v) is 6.39. The van der Waals surface area contributed by atoms with Crippen LogP contribution in [0.15, 0.2) is 11.8 Å². The number of carbonyl (C=O) groups excluding carboxylic acids is 2. The molecule has 0 aromatic carbocycles. The number of nitrogens with one attached hydrogen (secondary N) is 2. The van der Waals surface area contributed by atoms with Gasteiger partial charge < -0.3 is 15.5 Å². The minimum Gasteiger partial charge on any atom is -0.361 e. The van der Waals surface area contributed by atoms with Crippen molar-refractivity contribution in [1.29, 1.82) is 0 Å². The van der Waals surface area contributed by atoms with Gasteiger partial charge in [-0.1, -0.05) is 0 Å². The summed E-state index contributed by atoms with van der Waals surface area (Å²) in [5.41, 5.74) is 0.670. The Kier molecular flexibility index (Phi) is 3.56. The van der Waals surface area contributed by atoms with Crippen LogP contribution >= 0.6 is 0 Å². The van der Waals surface area contributed by atoms with Crippen LogP contribution < -0.4 is 10.6 Å². The Hall–Kier alpha value is -1.52. The Bertz CT molecular complexity index is 423. The van der Waals surface area contributed by atoms with Crippen molar-refractivity contribution in [2.75, 3.05) is 6.54 Å². The number of nitrogens with zero attached hydrogens (tertiary/aromatic N) is 1. The highest BCUT2D eigenvalue weighted by molar-refractivity contribution is 5.90. The highest BCUT2D eigenvalue weighted by Gasteiger charge is 2.39. The molecule has 19 heavy (non-hydrogen) atoms. The smallest absolute Gasteiger partial charge is 0.246 e. The van der Waals surface area contributed by atoms with E-state index in [0.717, 1.165) is 25.1 Å². The Morgan fingerprint density at radius 3 is 2.79 bits per heavy atom. The quantitative estimate of drug-likeness (QED) is 0.688. The fourth-order valence-electron chi connectivity index (χ4n) is 2.73. The van der Waals surface area contributed by atoms with Gasteiger partial charge >= 0.3 is 0 Å². The van der Waals surface area contributed by atoms with E-state index in [9.17, 15) is 9.59 Å². The summed E-state index contributed by atoms with van der Waals surface area (Å²) >= 11 is 0. The summed E-state index contributed by atoms with van der Waals surface area (Å²) in [7, 11) is 0. The highest BCUT2D eigenvalue weighted by Crippen LogP contribution is 2.27. The largest absolute Gasteiger partial charge is 0.361 e. The van der Waals surface area contributed by atoms with Crippen molar-refractivity contribution in [3.63, 3.8) is 0 Å². The van der Waals surface area contributed by atoms with Crippen LogP contribution in [-0.2, 0) is 9.59 Å². The van der Waals surface area contributed by atoms with Gasteiger partial charge in [0.1, 0.15) is 6.04 Å². The molecule has 2 heterocycles. The lowest BCUT2D eigenvalue weighted by Crippen LogP contribution is -2.55. The minimum atomic E-state index is -0.250. The third-order valence-corrected chi connectivity index (χ3v) is 3.47. The van der Waals surface area contributed by atoms with Gasteiger partial charge in [0.25, 0.3) is 0 Å². The molecule has 0 aromatic heterocycles. The van der Waals surface area contributed by atoms with Gasteiger partial charge in [0, 0.05) is 23.9 Å². The highest BCUT2D eigenvalue weighted by atomic mass is 16.2. The van der Waals surface area contributed by atoms with E-state index in [1.807, 2.05) is 27.7 Å². The molecule has 2 atom stereocenters. The Balaban J connectivity index is 2.17. The zero-order chi connectivity index (χ0) is 14.2. The van der Waals surface area contributed by atoms with Crippen molar-refractivity contribution < 1.29 is 9.59 Å². The first-order chi connectivity index (χ1) is 8.78. The lowest BCUT2D eigenvalue weighted by atomic mass is 10.1. The van der Waals surface area contributed by atoms with Crippen LogP contribution in [0.4, 0.5) is 0 Å². The first kappa shape index (κ1) is 13.9. The second kappa shape index (κ2) is 4.87. The average Bonchev–Trinajstić information content (AvgIpc) is 2.70. The Morgan fingerprint density at radius 2 is 2.16 bits per heavy atom. The molecule has 0 saturated carbocycles. The van der Waals surface area contributed by atoms with Crippen molar-refractivity contribution in [3.8, 4) is 0 Å². The van der Waals surface area contributed by atoms with E-state index in [2.05, 4.69) is 15.5 Å². The van der Waals surface area contributed by atoms with Gasteiger partial charge in [-0.2, -0.15) is 0 Å². The first-order valence-corrected chi connectivity index (χ1v) is 6.89. The van der Waals surface area contributed by atoms with Gasteiger partial charge in [-0.15, -0.1) is 0 Å². The zero-order valence-corrected chi connectivity index (χ0v) is 12.1. The molecule has 0 aromatic rings. The van der Waals surface area contributed by atoms with Crippen molar-refractivity contribution >= 4 is 11.8 Å². The second-order valence-electron chi connectivity index (χ2n) is 6.39. The predicted molar refractivity (Wildman–Crippen MR) is 73.3 cm³/mol. The third kappa shape index (κ3) is 3.08. The lowest BCUT2D eigenvalue weighted by molar-refractivity contribution is -0.127. The van der Waals surface area contributed by atoms with E-state index in [0.29, 0.717) is 0 Å². The van der Waals surface area contributed by atoms with E-state index >= 15 is 0 Å². The van der Waals surface area contributed by atoms with Crippen LogP contribution in [0.25, 0.3) is 0 Å². The summed E-state index contributed by atoms with van der Waals surface area (Å²) in [6.45, 7) is 8.64. The number of hydrogen-bond acceptors (Lipinski definition) is 3. The number of piperazine rings is 1. The van der Waals surface area contributed by atoms with E-state index < -0.39 is 0 Å². The first-order valence-electron chi connectivity index (χ1n) is 6.89. The molecular formula is C14H23N3O2. The number of rotatable bonds is 1. The molecule has 0 spiro atoms. The third-order valence-electron chi connectivity index (χ3n) is 3.47. The van der Waals surface area contributed by atoms with Gasteiger partial charge in [0.2, 0.25) is 11.8 Å². The molecule has 2 fully saturated rings. The van der Waals surface area contributed by atoms with Crippen LogP contribution in [0.3, 0.4) is 0 Å². The van der Waals surface area contributed by atoms with E-state index in [1.165, 1.54) is 0 Å². The van der Waals surface area contributed by atoms with Crippen LogP contribution in [0.2, 0.25) is 0 Å². The van der Waals surface area contributed by atoms with Crippen LogP contribution in [0.5, 0.6) is 0 Å². The molecular weight excluding hydrogens is 242 g/mol. The molecule has 2 rings (SSSR count). The summed E-state index contributed by atoms with van der Waals surface area (Å²) in [6.07, 6.45) is 3.51. The summed E-state index contributed by atoms with van der Waals surface area (Å²) in [5, 5.41) is 5.86. The number of hydrogen-bond donors (Lipinski definition) is 2. The average molecular weight is 265 g/mol. The van der Waals surface area contributed by atoms with Gasteiger partial charge in [-0.25, -0.2) is 0 Å². The SMILES string of the molecule is C[C@H]1NC(=O)[C@@H]2CCCN2C1=CC(=O)NC(C)(C)C. The summed E-state index contributed by atoms with van der Waals surface area (Å²) in [6, 6.07) is -0.197. The van der Waals surface area contributed by atoms with Gasteiger partial charge in [-0.3, -0.25) is 9.59 Å². The number of amides is 2. The normalized spacial score (nSPS) is 29.2. The van der Waals surface area contributed by atoms with Crippen molar-refractivity contribution in [1.82, 2.24) is 15.5 Å².